The number of hydrogen-bond acceptors (Lipinski definition) is 1. The number of unbranched alkanes of at least 4 members (excludes halogenated alkanes) is 2. The minimum atomic E-state index is 0.734. The van der Waals surface area contributed by atoms with E-state index in [0.29, 0.717) is 0 Å². The highest BCUT2D eigenvalue weighted by Crippen LogP contribution is 1.89. The maximum absolute atomic E-state index is 4.67. The molecule has 0 aliphatic rings. The van der Waals surface area contributed by atoms with Crippen LogP contribution < -0.4 is 0 Å². The van der Waals surface area contributed by atoms with E-state index in [4.69, 9.17) is 0 Å². The Kier molecular flexibility index (Phi) is 6.23. The fourth-order valence-corrected chi connectivity index (χ4v) is 0.533. The molecule has 1 nitrogen and oxygen atoms in total. The molecule has 0 aliphatic carbocycles. The Morgan fingerprint density at radius 2 is 2.38 bits per heavy atom. The van der Waals surface area contributed by atoms with Crippen molar-refractivity contribution >= 4 is 10.5 Å². The quantitative estimate of drug-likeness (QED) is 0.298. The van der Waals surface area contributed by atoms with Crippen LogP contribution in [0.3, 0.4) is 0 Å². The second kappa shape index (κ2) is 6.58. The van der Waals surface area contributed by atoms with Crippen molar-refractivity contribution in [3.8, 4) is 12.0 Å². The van der Waals surface area contributed by atoms with Gasteiger partial charge in [0.2, 0.25) is 10.5 Å². The van der Waals surface area contributed by atoms with Crippen molar-refractivity contribution in [1.29, 1.82) is 0 Å². The lowest BCUT2D eigenvalue weighted by Gasteiger charge is -1.82. The van der Waals surface area contributed by atoms with Gasteiger partial charge in [0.1, 0.15) is 0 Å². The van der Waals surface area contributed by atoms with Crippen molar-refractivity contribution in [1.82, 2.24) is 0 Å². The Hall–Kier alpha value is -0.423. The van der Waals surface area contributed by atoms with Gasteiger partial charge in [-0.3, -0.25) is 0 Å². The zero-order valence-electron chi connectivity index (χ0n) is 5.53. The molecule has 0 atom stereocenters. The summed E-state index contributed by atoms with van der Waals surface area (Å²) in [6.07, 6.45) is 5.99. The van der Waals surface area contributed by atoms with Crippen LogP contribution in [0.5, 0.6) is 0 Å². The largest absolute Gasteiger partial charge is 0.512 e. The summed E-state index contributed by atoms with van der Waals surface area (Å²) in [6, 6.07) is 0. The third-order valence-corrected chi connectivity index (χ3v) is 1.03. The lowest BCUT2D eigenvalue weighted by Crippen LogP contribution is -1.70. The highest BCUT2D eigenvalue weighted by atomic mass is 28.2. The highest BCUT2D eigenvalue weighted by Gasteiger charge is 1.74. The van der Waals surface area contributed by atoms with Crippen LogP contribution in [0, 0.1) is 12.0 Å². The molecular weight excluding hydrogens is 116 g/mol. The van der Waals surface area contributed by atoms with Gasteiger partial charge in [-0.25, -0.2) is 0 Å². The van der Waals surface area contributed by atoms with Gasteiger partial charge in [0.15, 0.2) is 0 Å². The van der Waals surface area contributed by atoms with Crippen LogP contribution in [0.4, 0.5) is 0 Å². The van der Waals surface area contributed by atoms with Crippen molar-refractivity contribution in [3.05, 3.63) is 0 Å². The third kappa shape index (κ3) is 5.58. The minimum Gasteiger partial charge on any atom is -0.512 e. The van der Waals surface area contributed by atoms with E-state index >= 15 is 0 Å². The van der Waals surface area contributed by atoms with Gasteiger partial charge >= 0.3 is 0 Å². The van der Waals surface area contributed by atoms with Crippen LogP contribution in [0.1, 0.15) is 26.2 Å². The summed E-state index contributed by atoms with van der Waals surface area (Å²) in [5.74, 6) is 2.90. The summed E-state index contributed by atoms with van der Waals surface area (Å²) in [5, 5.41) is 0. The second-order valence-corrected chi connectivity index (χ2v) is 1.99. The summed E-state index contributed by atoms with van der Waals surface area (Å²) < 4.78 is 4.67. The van der Waals surface area contributed by atoms with Gasteiger partial charge in [-0.1, -0.05) is 19.3 Å². The molecule has 0 aliphatic heterocycles. The summed E-state index contributed by atoms with van der Waals surface area (Å²) >= 11 is 0. The van der Waals surface area contributed by atoms with E-state index in [-0.39, 0.29) is 0 Å². The van der Waals surface area contributed by atoms with E-state index in [0.717, 1.165) is 16.9 Å². The molecule has 0 heterocycles. The minimum absolute atomic E-state index is 0.734. The van der Waals surface area contributed by atoms with Crippen molar-refractivity contribution in [2.75, 3.05) is 0 Å². The van der Waals surface area contributed by atoms with E-state index in [1.165, 1.54) is 12.8 Å². The molecule has 0 radical (unpaired) electrons. The summed E-state index contributed by atoms with van der Waals surface area (Å²) in [5.41, 5.74) is 0. The molecule has 2 heteroatoms. The van der Waals surface area contributed by atoms with Crippen LogP contribution in [0.25, 0.3) is 0 Å². The van der Waals surface area contributed by atoms with Gasteiger partial charge in [-0.05, 0) is 6.42 Å². The first kappa shape index (κ1) is 7.58. The Labute approximate surface area is 54.0 Å². The van der Waals surface area contributed by atoms with Crippen LogP contribution in [0.15, 0.2) is 0 Å². The van der Waals surface area contributed by atoms with Gasteiger partial charge < -0.3 is 4.43 Å². The van der Waals surface area contributed by atoms with E-state index < -0.39 is 0 Å². The first-order chi connectivity index (χ1) is 3.91. The molecule has 0 unspecified atom stereocenters. The van der Waals surface area contributed by atoms with Crippen molar-refractivity contribution in [2.24, 2.45) is 0 Å². The maximum Gasteiger partial charge on any atom is 0.219 e. The molecule has 0 saturated carbocycles. The average molecular weight is 128 g/mol. The molecule has 0 bridgehead atoms. The maximum atomic E-state index is 4.67. The first-order valence-electron chi connectivity index (χ1n) is 2.92. The van der Waals surface area contributed by atoms with Crippen molar-refractivity contribution < 1.29 is 4.43 Å². The lowest BCUT2D eigenvalue weighted by molar-refractivity contribution is 0.577. The predicted molar refractivity (Wildman–Crippen MR) is 38.3 cm³/mol. The number of hydrogen-bond donors (Lipinski definition) is 0. The monoisotopic (exact) mass is 128 g/mol. The molecule has 0 spiro atoms. The van der Waals surface area contributed by atoms with Crippen LogP contribution in [-0.2, 0) is 4.43 Å². The molecule has 0 rings (SSSR count). The first-order valence-corrected chi connectivity index (χ1v) is 3.74. The van der Waals surface area contributed by atoms with Gasteiger partial charge in [0.25, 0.3) is 0 Å². The standard InChI is InChI=1S/C6H12OSi/c1-2-3-4-5-6-7-8/h2-4H2,1,8H3. The summed E-state index contributed by atoms with van der Waals surface area (Å²) in [7, 11) is 0.734. The Bertz CT molecular complexity index is 90.4. The Morgan fingerprint density at radius 3 is 2.88 bits per heavy atom. The van der Waals surface area contributed by atoms with Gasteiger partial charge in [0.05, 0.1) is 6.11 Å². The molecule has 0 aromatic carbocycles. The molecule has 0 aromatic rings. The van der Waals surface area contributed by atoms with Gasteiger partial charge in [-0.15, -0.1) is 0 Å². The highest BCUT2D eigenvalue weighted by molar-refractivity contribution is 5.98. The van der Waals surface area contributed by atoms with E-state index in [9.17, 15) is 0 Å². The van der Waals surface area contributed by atoms with Crippen LogP contribution in [-0.4, -0.2) is 10.5 Å². The molecule has 46 valence electrons. The van der Waals surface area contributed by atoms with Gasteiger partial charge in [-0.2, -0.15) is 0 Å². The zero-order chi connectivity index (χ0) is 6.24. The predicted octanol–water partition coefficient (Wildman–Crippen LogP) is 0.434. The Morgan fingerprint density at radius 1 is 1.62 bits per heavy atom. The molecule has 0 fully saturated rings. The number of rotatable bonds is 2. The molecule has 8 heavy (non-hydrogen) atoms. The third-order valence-electron chi connectivity index (χ3n) is 0.830. The fourth-order valence-electron chi connectivity index (χ4n) is 0.388. The van der Waals surface area contributed by atoms with Crippen molar-refractivity contribution in [3.63, 3.8) is 0 Å². The normalized spacial score (nSPS) is 7.62. The van der Waals surface area contributed by atoms with Crippen LogP contribution in [0.2, 0.25) is 0 Å². The summed E-state index contributed by atoms with van der Waals surface area (Å²) in [4.78, 5) is 0. The molecular formula is C6H12OSi. The van der Waals surface area contributed by atoms with Crippen molar-refractivity contribution in [2.45, 2.75) is 26.2 Å². The van der Waals surface area contributed by atoms with Crippen LogP contribution >= 0.6 is 0 Å². The topological polar surface area (TPSA) is 9.23 Å². The average Bonchev–Trinajstić information content (AvgIpc) is 1.81. The van der Waals surface area contributed by atoms with E-state index in [2.05, 4.69) is 23.4 Å². The Balaban J connectivity index is 2.90. The van der Waals surface area contributed by atoms with E-state index in [1.54, 1.807) is 0 Å². The lowest BCUT2D eigenvalue weighted by atomic mass is 10.3. The second-order valence-electron chi connectivity index (χ2n) is 1.59. The summed E-state index contributed by atoms with van der Waals surface area (Å²) in [6.45, 7) is 2.16. The SMILES string of the molecule is CCCCC#CO[SiH3]. The molecule has 0 amide bonds. The zero-order valence-corrected chi connectivity index (χ0v) is 7.53. The molecule has 0 saturated heterocycles. The van der Waals surface area contributed by atoms with Gasteiger partial charge in [0, 0.05) is 6.42 Å². The smallest absolute Gasteiger partial charge is 0.219 e. The fraction of sp³-hybridized carbons (Fsp3) is 0.667. The molecule has 0 aromatic heterocycles. The molecule has 0 N–H and O–H groups in total. The van der Waals surface area contributed by atoms with E-state index in [1.807, 2.05) is 0 Å².